The molecule has 136 valence electrons. The molecular weight excluding hydrogens is 366 g/mol. The molecule has 3 aliphatic heterocycles. The van der Waals surface area contributed by atoms with Crippen LogP contribution in [0.15, 0.2) is 75.1 Å². The van der Waals surface area contributed by atoms with Gasteiger partial charge in [-0.05, 0) is 30.4 Å². The lowest BCUT2D eigenvalue weighted by Crippen LogP contribution is -2.35. The van der Waals surface area contributed by atoms with E-state index in [4.69, 9.17) is 14.6 Å². The predicted octanol–water partition coefficient (Wildman–Crippen LogP) is 2.99. The van der Waals surface area contributed by atoms with Crippen molar-refractivity contribution in [1.82, 2.24) is 0 Å². The van der Waals surface area contributed by atoms with E-state index in [9.17, 15) is 9.59 Å². The van der Waals surface area contributed by atoms with Gasteiger partial charge in [0, 0.05) is 29.0 Å². The molecule has 1 N–H and O–H groups in total. The van der Waals surface area contributed by atoms with Gasteiger partial charge in [-0.2, -0.15) is 0 Å². The van der Waals surface area contributed by atoms with Crippen molar-refractivity contribution >= 4 is 29.2 Å². The number of carboxylic acids is 1. The Balaban J connectivity index is 1.57. The molecule has 6 nitrogen and oxygen atoms in total. The molecule has 1 atom stereocenters. The molecule has 27 heavy (non-hydrogen) atoms. The highest BCUT2D eigenvalue weighted by atomic mass is 32.2. The van der Waals surface area contributed by atoms with Crippen LogP contribution in [0.4, 0.5) is 5.69 Å². The second-order valence-corrected chi connectivity index (χ2v) is 7.55. The first kappa shape index (κ1) is 16.3. The second kappa shape index (κ2) is 6.06. The third-order valence-corrected chi connectivity index (χ3v) is 6.05. The summed E-state index contributed by atoms with van der Waals surface area (Å²) in [5, 5.41) is 10.0. The molecule has 1 aromatic carbocycles. The second-order valence-electron chi connectivity index (χ2n) is 6.52. The van der Waals surface area contributed by atoms with Gasteiger partial charge >= 0.3 is 5.97 Å². The number of ether oxygens (including phenoxy) is 2. The van der Waals surface area contributed by atoms with E-state index in [1.165, 1.54) is 16.7 Å². The number of carbonyl (C=O) groups is 2. The number of hydrogen-bond acceptors (Lipinski definition) is 6. The number of ketones is 1. The SMILES string of the molecule is O=C(O)COC1=C2OC3CCN4C(=C3C=C2C=CC1=O)Sc1ccccc14. The normalized spacial score (nSPS) is 22.5. The van der Waals surface area contributed by atoms with Gasteiger partial charge in [-0.15, -0.1) is 0 Å². The molecule has 1 aromatic rings. The number of anilines is 1. The summed E-state index contributed by atoms with van der Waals surface area (Å²) in [4.78, 5) is 26.5. The number of thioether (sulfide) groups is 1. The third-order valence-electron chi connectivity index (χ3n) is 4.83. The molecule has 0 radical (unpaired) electrons. The van der Waals surface area contributed by atoms with Crippen LogP contribution in [0.3, 0.4) is 0 Å². The molecule has 5 rings (SSSR count). The van der Waals surface area contributed by atoms with Crippen LogP contribution in [-0.2, 0) is 19.1 Å². The van der Waals surface area contributed by atoms with E-state index < -0.39 is 12.6 Å². The molecule has 0 aromatic heterocycles. The van der Waals surface area contributed by atoms with Crippen LogP contribution in [0.1, 0.15) is 6.42 Å². The Hall–Kier alpha value is -2.93. The molecule has 4 aliphatic rings. The highest BCUT2D eigenvalue weighted by molar-refractivity contribution is 8.03. The Labute approximate surface area is 159 Å². The summed E-state index contributed by atoms with van der Waals surface area (Å²) in [6.07, 6.45) is 5.70. The van der Waals surface area contributed by atoms with Crippen molar-refractivity contribution in [2.24, 2.45) is 0 Å². The van der Waals surface area contributed by atoms with Gasteiger partial charge in [0.15, 0.2) is 12.4 Å². The molecule has 7 heteroatoms. The minimum atomic E-state index is -1.14. The van der Waals surface area contributed by atoms with Gasteiger partial charge in [0.2, 0.25) is 11.5 Å². The van der Waals surface area contributed by atoms with Crippen LogP contribution in [0, 0.1) is 0 Å². The highest BCUT2D eigenvalue weighted by Crippen LogP contribution is 2.51. The molecule has 1 aliphatic carbocycles. The molecule has 0 saturated heterocycles. The Morgan fingerprint density at radius 2 is 2.19 bits per heavy atom. The maximum Gasteiger partial charge on any atom is 0.341 e. The van der Waals surface area contributed by atoms with Crippen molar-refractivity contribution in [3.05, 3.63) is 70.2 Å². The number of carbonyl (C=O) groups excluding carboxylic acids is 1. The minimum Gasteiger partial charge on any atom is -0.481 e. The zero-order valence-electron chi connectivity index (χ0n) is 14.2. The van der Waals surface area contributed by atoms with Crippen LogP contribution in [0.2, 0.25) is 0 Å². The van der Waals surface area contributed by atoms with E-state index in [0.29, 0.717) is 5.76 Å². The fourth-order valence-electron chi connectivity index (χ4n) is 3.66. The number of aliphatic carboxylic acids is 1. The smallest absolute Gasteiger partial charge is 0.341 e. The lowest BCUT2D eigenvalue weighted by molar-refractivity contribution is -0.141. The van der Waals surface area contributed by atoms with Gasteiger partial charge in [0.25, 0.3) is 0 Å². The van der Waals surface area contributed by atoms with Crippen LogP contribution in [-0.4, -0.2) is 36.1 Å². The summed E-state index contributed by atoms with van der Waals surface area (Å²) in [5.74, 6) is -1.20. The number of rotatable bonds is 3. The molecular formula is C20H15NO5S. The largest absolute Gasteiger partial charge is 0.481 e. The third kappa shape index (κ3) is 2.57. The number of hydrogen-bond donors (Lipinski definition) is 1. The zero-order valence-corrected chi connectivity index (χ0v) is 15.0. The number of carboxylic acid groups (broad SMARTS) is 1. The van der Waals surface area contributed by atoms with Crippen LogP contribution in [0.5, 0.6) is 0 Å². The molecule has 3 heterocycles. The van der Waals surface area contributed by atoms with Gasteiger partial charge in [0.05, 0.1) is 10.7 Å². The number of allylic oxidation sites excluding steroid dienone is 2. The molecule has 0 spiro atoms. The summed E-state index contributed by atoms with van der Waals surface area (Å²) in [6, 6.07) is 8.30. The molecule has 1 unspecified atom stereocenters. The molecule has 0 bridgehead atoms. The fraction of sp³-hybridized carbons (Fsp3) is 0.200. The number of para-hydroxylation sites is 1. The Kier molecular flexibility index (Phi) is 3.65. The van der Waals surface area contributed by atoms with Crippen molar-refractivity contribution in [2.45, 2.75) is 17.4 Å². The van der Waals surface area contributed by atoms with Crippen molar-refractivity contribution in [1.29, 1.82) is 0 Å². The number of benzene rings is 1. The topological polar surface area (TPSA) is 76.1 Å². The summed E-state index contributed by atoms with van der Waals surface area (Å²) < 4.78 is 11.4. The van der Waals surface area contributed by atoms with E-state index in [-0.39, 0.29) is 17.6 Å². The van der Waals surface area contributed by atoms with Gasteiger partial charge < -0.3 is 19.5 Å². The fourth-order valence-corrected chi connectivity index (χ4v) is 4.91. The molecule has 0 amide bonds. The summed E-state index contributed by atoms with van der Waals surface area (Å²) >= 11 is 1.73. The van der Waals surface area contributed by atoms with Crippen LogP contribution >= 0.6 is 11.8 Å². The van der Waals surface area contributed by atoms with E-state index in [1.807, 2.05) is 18.2 Å². The minimum absolute atomic E-state index is 0.0278. The Bertz CT molecular complexity index is 1000. The first-order chi connectivity index (χ1) is 13.1. The van der Waals surface area contributed by atoms with Gasteiger partial charge in [-0.3, -0.25) is 4.79 Å². The zero-order chi connectivity index (χ0) is 18.5. The first-order valence-electron chi connectivity index (χ1n) is 8.60. The highest BCUT2D eigenvalue weighted by Gasteiger charge is 2.39. The monoisotopic (exact) mass is 381 g/mol. The lowest BCUT2D eigenvalue weighted by Gasteiger charge is -2.37. The standard InChI is InChI=1S/C20H15NO5S/c22-14-6-5-11-9-12-15(26-18(11)19(14)25-10-17(23)24)7-8-21-13-3-1-2-4-16(13)27-20(12)21/h1-6,9,15H,7-8,10H2,(H,23,24). The van der Waals surface area contributed by atoms with Gasteiger partial charge in [-0.25, -0.2) is 4.79 Å². The summed E-state index contributed by atoms with van der Waals surface area (Å²) in [6.45, 7) is 0.242. The average Bonchev–Trinajstić information content (AvgIpc) is 3.05. The van der Waals surface area contributed by atoms with E-state index in [1.54, 1.807) is 17.8 Å². The van der Waals surface area contributed by atoms with Gasteiger partial charge in [0.1, 0.15) is 6.10 Å². The Morgan fingerprint density at radius 3 is 3.04 bits per heavy atom. The number of fused-ring (bicyclic) bond motifs is 5. The van der Waals surface area contributed by atoms with Crippen molar-refractivity contribution in [2.75, 3.05) is 18.1 Å². The van der Waals surface area contributed by atoms with Crippen molar-refractivity contribution in [3.8, 4) is 0 Å². The predicted molar refractivity (Wildman–Crippen MR) is 99.0 cm³/mol. The van der Waals surface area contributed by atoms with Crippen LogP contribution in [0.25, 0.3) is 0 Å². The maximum atomic E-state index is 12.2. The van der Waals surface area contributed by atoms with Crippen LogP contribution < -0.4 is 4.90 Å². The van der Waals surface area contributed by atoms with Crippen molar-refractivity contribution < 1.29 is 24.2 Å². The van der Waals surface area contributed by atoms with E-state index >= 15 is 0 Å². The quantitative estimate of drug-likeness (QED) is 0.863. The number of nitrogens with zero attached hydrogens (tertiary/aromatic N) is 1. The summed E-state index contributed by atoms with van der Waals surface area (Å²) in [5.41, 5.74) is 3.02. The lowest BCUT2D eigenvalue weighted by atomic mass is 9.93. The summed E-state index contributed by atoms with van der Waals surface area (Å²) in [7, 11) is 0. The van der Waals surface area contributed by atoms with Gasteiger partial charge in [-0.1, -0.05) is 23.9 Å². The van der Waals surface area contributed by atoms with Crippen molar-refractivity contribution in [3.63, 3.8) is 0 Å². The maximum absolute atomic E-state index is 12.2. The molecule has 0 saturated carbocycles. The molecule has 0 fully saturated rings. The van der Waals surface area contributed by atoms with E-state index in [2.05, 4.69) is 17.0 Å². The van der Waals surface area contributed by atoms with E-state index in [0.717, 1.165) is 29.1 Å². The Morgan fingerprint density at radius 1 is 1.33 bits per heavy atom. The first-order valence-corrected chi connectivity index (χ1v) is 9.42. The average molecular weight is 381 g/mol.